The van der Waals surface area contributed by atoms with Crippen molar-refractivity contribution < 1.29 is 9.90 Å². The van der Waals surface area contributed by atoms with Crippen molar-refractivity contribution in [3.8, 4) is 0 Å². The fourth-order valence-corrected chi connectivity index (χ4v) is 3.14. The molecule has 1 aliphatic heterocycles. The molecule has 3 heterocycles. The topological polar surface area (TPSA) is 71.2 Å². The summed E-state index contributed by atoms with van der Waals surface area (Å²) in [5.41, 5.74) is 3.13. The first-order valence-electron chi connectivity index (χ1n) is 8.09. The van der Waals surface area contributed by atoms with Gasteiger partial charge in [-0.25, -0.2) is 0 Å². The molecule has 0 spiro atoms. The van der Waals surface area contributed by atoms with Crippen LogP contribution in [-0.4, -0.2) is 37.2 Å². The number of fused-ring (bicyclic) bond motifs is 1. The van der Waals surface area contributed by atoms with Crippen molar-refractivity contribution in [1.82, 2.24) is 19.7 Å². The Bertz CT molecular complexity index is 751. The Morgan fingerprint density at radius 3 is 2.96 bits per heavy atom. The quantitative estimate of drug-likeness (QED) is 0.936. The lowest BCUT2D eigenvalue weighted by Gasteiger charge is -2.28. The number of carbonyl (C=O) groups is 1. The van der Waals surface area contributed by atoms with E-state index in [1.54, 1.807) is 12.3 Å². The number of amides is 1. The number of carbonyl (C=O) groups excluding carboxylic acids is 1. The summed E-state index contributed by atoms with van der Waals surface area (Å²) < 4.78 is 1.92. The van der Waals surface area contributed by atoms with Gasteiger partial charge in [0.1, 0.15) is 6.10 Å². The highest BCUT2D eigenvalue weighted by Gasteiger charge is 2.33. The zero-order valence-electron chi connectivity index (χ0n) is 13.1. The third kappa shape index (κ3) is 2.63. The number of hydrogen-bond donors (Lipinski definition) is 1. The van der Waals surface area contributed by atoms with Gasteiger partial charge in [-0.3, -0.25) is 14.5 Å². The predicted molar refractivity (Wildman–Crippen MR) is 83.6 cm³/mol. The zero-order valence-corrected chi connectivity index (χ0v) is 13.1. The molecule has 0 radical (unpaired) electrons. The van der Waals surface area contributed by atoms with Gasteiger partial charge in [-0.1, -0.05) is 0 Å². The van der Waals surface area contributed by atoms with Gasteiger partial charge in [-0.2, -0.15) is 5.10 Å². The summed E-state index contributed by atoms with van der Waals surface area (Å²) in [5.74, 6) is 0.370. The highest BCUT2D eigenvalue weighted by atomic mass is 16.3. The molecular weight excluding hydrogens is 292 g/mol. The molecule has 2 aliphatic rings. The Morgan fingerprint density at radius 1 is 1.39 bits per heavy atom. The Hall–Kier alpha value is -2.21. The molecule has 1 saturated carbocycles. The van der Waals surface area contributed by atoms with Crippen LogP contribution in [0.25, 0.3) is 0 Å². The Balaban J connectivity index is 1.54. The van der Waals surface area contributed by atoms with E-state index in [1.807, 2.05) is 28.6 Å². The Labute approximate surface area is 134 Å². The Morgan fingerprint density at radius 2 is 2.22 bits per heavy atom. The van der Waals surface area contributed by atoms with Crippen molar-refractivity contribution in [2.24, 2.45) is 5.92 Å². The van der Waals surface area contributed by atoms with Crippen LogP contribution in [0.4, 0.5) is 0 Å². The first-order valence-corrected chi connectivity index (χ1v) is 8.09. The van der Waals surface area contributed by atoms with E-state index in [9.17, 15) is 9.90 Å². The van der Waals surface area contributed by atoms with Crippen molar-refractivity contribution in [2.45, 2.75) is 39.0 Å². The van der Waals surface area contributed by atoms with Crippen LogP contribution in [-0.2, 0) is 13.1 Å². The first kappa shape index (κ1) is 14.4. The minimum atomic E-state index is -0.460. The van der Waals surface area contributed by atoms with Gasteiger partial charge >= 0.3 is 0 Å². The number of nitrogens with zero attached hydrogens (tertiary/aromatic N) is 4. The molecule has 120 valence electrons. The number of aryl methyl sites for hydroxylation is 1. The number of aromatic nitrogens is 3. The highest BCUT2D eigenvalue weighted by molar-refractivity contribution is 5.95. The van der Waals surface area contributed by atoms with E-state index < -0.39 is 6.10 Å². The van der Waals surface area contributed by atoms with Crippen molar-refractivity contribution in [3.05, 3.63) is 47.0 Å². The van der Waals surface area contributed by atoms with Gasteiger partial charge in [0.15, 0.2) is 0 Å². The first-order chi connectivity index (χ1) is 11.1. The normalized spacial score (nSPS) is 18.6. The largest absolute Gasteiger partial charge is 0.386 e. The summed E-state index contributed by atoms with van der Waals surface area (Å²) in [7, 11) is 0. The zero-order chi connectivity index (χ0) is 16.0. The predicted octanol–water partition coefficient (Wildman–Crippen LogP) is 1.69. The van der Waals surface area contributed by atoms with Crippen molar-refractivity contribution in [3.63, 3.8) is 0 Å². The molecule has 0 unspecified atom stereocenters. The van der Waals surface area contributed by atoms with Gasteiger partial charge in [0.25, 0.3) is 5.91 Å². The van der Waals surface area contributed by atoms with Crippen molar-refractivity contribution in [2.75, 3.05) is 6.54 Å². The molecule has 1 aliphatic carbocycles. The van der Waals surface area contributed by atoms with Crippen LogP contribution < -0.4 is 0 Å². The lowest BCUT2D eigenvalue weighted by atomic mass is 10.1. The maximum Gasteiger partial charge on any atom is 0.256 e. The van der Waals surface area contributed by atoms with Crippen LogP contribution >= 0.6 is 0 Å². The molecule has 2 aromatic rings. The Kier molecular flexibility index (Phi) is 3.41. The van der Waals surface area contributed by atoms with Gasteiger partial charge < -0.3 is 10.0 Å². The molecule has 4 rings (SSSR count). The molecule has 1 atom stereocenters. The maximum atomic E-state index is 12.7. The van der Waals surface area contributed by atoms with Gasteiger partial charge in [0.2, 0.25) is 0 Å². The average Bonchev–Trinajstić information content (AvgIpc) is 3.32. The van der Waals surface area contributed by atoms with Crippen LogP contribution in [0.1, 0.15) is 46.4 Å². The lowest BCUT2D eigenvalue weighted by Crippen LogP contribution is -2.38. The van der Waals surface area contributed by atoms with E-state index >= 15 is 0 Å². The molecule has 6 nitrogen and oxygen atoms in total. The van der Waals surface area contributed by atoms with Crippen LogP contribution in [0.15, 0.2) is 24.4 Å². The van der Waals surface area contributed by atoms with Gasteiger partial charge in [-0.15, -0.1) is 0 Å². The number of hydrogen-bond acceptors (Lipinski definition) is 4. The molecular formula is C17H20N4O2. The molecule has 1 fully saturated rings. The standard InChI is InChI=1S/C17H20N4O2/c1-11-14(3-2-6-18-11)17(23)20-7-8-21-13(10-20)9-15(19-21)16(22)12-4-5-12/h2-3,6,9,12,16,22H,4-5,7-8,10H2,1H3/t16-/m0/s1. The van der Waals surface area contributed by atoms with Crippen LogP contribution in [0, 0.1) is 12.8 Å². The minimum absolute atomic E-state index is 0.00680. The number of pyridine rings is 1. The second-order valence-electron chi connectivity index (χ2n) is 6.43. The van der Waals surface area contributed by atoms with Gasteiger partial charge in [0, 0.05) is 18.4 Å². The van der Waals surface area contributed by atoms with E-state index in [0.717, 1.165) is 29.9 Å². The fraction of sp³-hybridized carbons (Fsp3) is 0.471. The molecule has 23 heavy (non-hydrogen) atoms. The summed E-state index contributed by atoms with van der Waals surface area (Å²) in [5, 5.41) is 14.7. The van der Waals surface area contributed by atoms with Crippen molar-refractivity contribution >= 4 is 5.91 Å². The molecule has 1 N–H and O–H groups in total. The lowest BCUT2D eigenvalue weighted by molar-refractivity contribution is 0.0704. The summed E-state index contributed by atoms with van der Waals surface area (Å²) in [6.07, 6.45) is 3.39. The van der Waals surface area contributed by atoms with E-state index in [-0.39, 0.29) is 5.91 Å². The average molecular weight is 312 g/mol. The summed E-state index contributed by atoms with van der Waals surface area (Å²) in [6.45, 7) is 3.67. The molecule has 0 saturated heterocycles. The second-order valence-corrected chi connectivity index (χ2v) is 6.43. The smallest absolute Gasteiger partial charge is 0.256 e. The van der Waals surface area contributed by atoms with Crippen LogP contribution in [0.3, 0.4) is 0 Å². The van der Waals surface area contributed by atoms with Crippen LogP contribution in [0.2, 0.25) is 0 Å². The minimum Gasteiger partial charge on any atom is -0.386 e. The second kappa shape index (κ2) is 5.45. The number of aliphatic hydroxyl groups is 1. The fourth-order valence-electron chi connectivity index (χ4n) is 3.14. The summed E-state index contributed by atoms with van der Waals surface area (Å²) in [4.78, 5) is 18.7. The van der Waals surface area contributed by atoms with Gasteiger partial charge in [0.05, 0.1) is 30.0 Å². The summed E-state index contributed by atoms with van der Waals surface area (Å²) in [6, 6.07) is 5.55. The van der Waals surface area contributed by atoms with Gasteiger partial charge in [-0.05, 0) is 43.9 Å². The SMILES string of the molecule is Cc1ncccc1C(=O)N1CCn2nc([C@@H](O)C3CC3)cc2C1. The molecule has 0 aromatic carbocycles. The maximum absolute atomic E-state index is 12.7. The number of aliphatic hydroxyl groups excluding tert-OH is 1. The van der Waals surface area contributed by atoms with Crippen LogP contribution in [0.5, 0.6) is 0 Å². The monoisotopic (exact) mass is 312 g/mol. The van der Waals surface area contributed by atoms with E-state index in [0.29, 0.717) is 31.1 Å². The van der Waals surface area contributed by atoms with E-state index in [2.05, 4.69) is 10.1 Å². The molecule has 1 amide bonds. The van der Waals surface area contributed by atoms with E-state index in [1.165, 1.54) is 0 Å². The third-order valence-electron chi connectivity index (χ3n) is 4.71. The number of rotatable bonds is 3. The van der Waals surface area contributed by atoms with E-state index in [4.69, 9.17) is 0 Å². The third-order valence-corrected chi connectivity index (χ3v) is 4.71. The highest BCUT2D eigenvalue weighted by Crippen LogP contribution is 2.40. The molecule has 6 heteroatoms. The van der Waals surface area contributed by atoms with Crippen molar-refractivity contribution in [1.29, 1.82) is 0 Å². The summed E-state index contributed by atoms with van der Waals surface area (Å²) >= 11 is 0. The molecule has 0 bridgehead atoms. The molecule has 2 aromatic heterocycles.